The van der Waals surface area contributed by atoms with E-state index in [2.05, 4.69) is 26.7 Å². The third-order valence-electron chi connectivity index (χ3n) is 5.61. The molecular weight excluding hydrogens is 382 g/mol. The summed E-state index contributed by atoms with van der Waals surface area (Å²) in [5.74, 6) is 1.78. The molecule has 2 aromatic rings. The van der Waals surface area contributed by atoms with Crippen LogP contribution in [0, 0.1) is 16.7 Å². The second-order valence-electron chi connectivity index (χ2n) is 8.00. The van der Waals surface area contributed by atoms with E-state index in [0.717, 1.165) is 12.2 Å². The molecule has 30 heavy (non-hydrogen) atoms. The van der Waals surface area contributed by atoms with Gasteiger partial charge in [0.2, 0.25) is 5.95 Å². The van der Waals surface area contributed by atoms with Gasteiger partial charge in [0.25, 0.3) is 0 Å². The number of ether oxygens (including phenoxy) is 2. The third-order valence-corrected chi connectivity index (χ3v) is 5.61. The standard InChI is InChI=1S/C22H29N5O3/c1-22(2)18(12-19(22)28)26-20-16(13-23)14-25-21(27-20)24-9-8-15-4-6-17(7-5-15)30-11-10-29-3/h4-7,14,18-19,28H,8-12H2,1-3H3,(H2,24,25,26,27)/t18-,19+/m1/s1. The Labute approximate surface area is 177 Å². The van der Waals surface area contributed by atoms with Gasteiger partial charge < -0.3 is 25.2 Å². The predicted molar refractivity (Wildman–Crippen MR) is 115 cm³/mol. The van der Waals surface area contributed by atoms with Gasteiger partial charge in [-0.25, -0.2) is 4.98 Å². The zero-order chi connectivity index (χ0) is 21.6. The van der Waals surface area contributed by atoms with Crippen molar-refractivity contribution in [3.8, 4) is 11.8 Å². The topological polar surface area (TPSA) is 112 Å². The maximum atomic E-state index is 9.94. The van der Waals surface area contributed by atoms with Crippen LogP contribution < -0.4 is 15.4 Å². The number of nitrogens with zero attached hydrogens (tertiary/aromatic N) is 3. The summed E-state index contributed by atoms with van der Waals surface area (Å²) >= 11 is 0. The van der Waals surface area contributed by atoms with Crippen molar-refractivity contribution >= 4 is 11.8 Å². The molecule has 8 nitrogen and oxygen atoms in total. The molecule has 3 rings (SSSR count). The number of anilines is 2. The first kappa shape index (κ1) is 21.8. The highest BCUT2D eigenvalue weighted by atomic mass is 16.5. The molecule has 160 valence electrons. The van der Waals surface area contributed by atoms with Gasteiger partial charge in [-0.2, -0.15) is 10.2 Å². The van der Waals surface area contributed by atoms with Crippen LogP contribution in [0.25, 0.3) is 0 Å². The van der Waals surface area contributed by atoms with Gasteiger partial charge in [0, 0.05) is 25.1 Å². The number of hydrogen-bond donors (Lipinski definition) is 3. The van der Waals surface area contributed by atoms with Crippen molar-refractivity contribution < 1.29 is 14.6 Å². The number of nitriles is 1. The summed E-state index contributed by atoms with van der Waals surface area (Å²) in [6.45, 7) is 5.74. The lowest BCUT2D eigenvalue weighted by Crippen LogP contribution is -2.57. The summed E-state index contributed by atoms with van der Waals surface area (Å²) in [6, 6.07) is 10.1. The van der Waals surface area contributed by atoms with Crippen molar-refractivity contribution in [2.75, 3.05) is 37.5 Å². The Balaban J connectivity index is 1.54. The van der Waals surface area contributed by atoms with Crippen LogP contribution in [0.3, 0.4) is 0 Å². The fraction of sp³-hybridized carbons (Fsp3) is 0.500. The lowest BCUT2D eigenvalue weighted by molar-refractivity contribution is -0.0511. The summed E-state index contributed by atoms with van der Waals surface area (Å²) in [5, 5.41) is 25.8. The zero-order valence-corrected chi connectivity index (χ0v) is 17.7. The lowest BCUT2D eigenvalue weighted by atomic mass is 9.64. The smallest absolute Gasteiger partial charge is 0.224 e. The average Bonchev–Trinajstić information content (AvgIpc) is 2.75. The molecule has 0 unspecified atom stereocenters. The Morgan fingerprint density at radius 1 is 1.27 bits per heavy atom. The van der Waals surface area contributed by atoms with E-state index in [9.17, 15) is 10.4 Å². The molecule has 1 saturated carbocycles. The molecule has 1 heterocycles. The van der Waals surface area contributed by atoms with Gasteiger partial charge in [0.15, 0.2) is 0 Å². The minimum absolute atomic E-state index is 0.0620. The van der Waals surface area contributed by atoms with Crippen molar-refractivity contribution in [1.29, 1.82) is 5.26 Å². The molecule has 3 N–H and O–H groups in total. The molecular formula is C22H29N5O3. The molecule has 2 atom stereocenters. The first-order valence-electron chi connectivity index (χ1n) is 10.1. The summed E-state index contributed by atoms with van der Waals surface area (Å²) in [7, 11) is 1.65. The fourth-order valence-electron chi connectivity index (χ4n) is 3.29. The highest BCUT2D eigenvalue weighted by Crippen LogP contribution is 2.42. The first-order valence-corrected chi connectivity index (χ1v) is 10.1. The number of hydrogen-bond acceptors (Lipinski definition) is 8. The molecule has 1 fully saturated rings. The number of rotatable bonds is 10. The Hall–Kier alpha value is -2.89. The van der Waals surface area contributed by atoms with Crippen LogP contribution in [0.1, 0.15) is 31.4 Å². The van der Waals surface area contributed by atoms with Gasteiger partial charge in [-0.3, -0.25) is 0 Å². The van der Waals surface area contributed by atoms with Crippen LogP contribution in [0.2, 0.25) is 0 Å². The van der Waals surface area contributed by atoms with Crippen molar-refractivity contribution in [3.05, 3.63) is 41.6 Å². The van der Waals surface area contributed by atoms with Crippen LogP contribution in [0.4, 0.5) is 11.8 Å². The number of benzene rings is 1. The van der Waals surface area contributed by atoms with E-state index in [1.54, 1.807) is 7.11 Å². The quantitative estimate of drug-likeness (QED) is 0.512. The third kappa shape index (κ3) is 5.17. The van der Waals surface area contributed by atoms with Gasteiger partial charge in [0.05, 0.1) is 18.9 Å². The normalized spacial score (nSPS) is 19.4. The van der Waals surface area contributed by atoms with E-state index >= 15 is 0 Å². The Bertz CT molecular complexity index is 879. The van der Waals surface area contributed by atoms with Crippen LogP contribution in [-0.4, -0.2) is 54.1 Å². The summed E-state index contributed by atoms with van der Waals surface area (Å²) in [6.07, 6.45) is 2.60. The largest absolute Gasteiger partial charge is 0.491 e. The van der Waals surface area contributed by atoms with E-state index in [1.165, 1.54) is 11.8 Å². The SMILES string of the molecule is COCCOc1ccc(CCNc2ncc(C#N)c(N[C@@H]3C[C@H](O)C3(C)C)n2)cc1. The average molecular weight is 412 g/mol. The minimum Gasteiger partial charge on any atom is -0.491 e. The van der Waals surface area contributed by atoms with E-state index < -0.39 is 0 Å². The Morgan fingerprint density at radius 2 is 2.03 bits per heavy atom. The molecule has 1 aromatic carbocycles. The maximum Gasteiger partial charge on any atom is 0.224 e. The van der Waals surface area contributed by atoms with E-state index in [0.29, 0.717) is 43.5 Å². The Morgan fingerprint density at radius 3 is 2.67 bits per heavy atom. The summed E-state index contributed by atoms with van der Waals surface area (Å²) in [4.78, 5) is 8.71. The van der Waals surface area contributed by atoms with Crippen LogP contribution in [-0.2, 0) is 11.2 Å². The summed E-state index contributed by atoms with van der Waals surface area (Å²) < 4.78 is 10.5. The lowest BCUT2D eigenvalue weighted by Gasteiger charge is -2.49. The number of aliphatic hydroxyl groups excluding tert-OH is 1. The molecule has 0 bridgehead atoms. The molecule has 1 aromatic heterocycles. The van der Waals surface area contributed by atoms with Gasteiger partial charge >= 0.3 is 0 Å². The fourth-order valence-corrected chi connectivity index (χ4v) is 3.29. The van der Waals surface area contributed by atoms with Crippen molar-refractivity contribution in [2.45, 2.75) is 38.8 Å². The van der Waals surface area contributed by atoms with Crippen LogP contribution >= 0.6 is 0 Å². The molecule has 0 spiro atoms. The molecule has 0 amide bonds. The van der Waals surface area contributed by atoms with E-state index in [-0.39, 0.29) is 17.6 Å². The van der Waals surface area contributed by atoms with Gasteiger partial charge in [-0.1, -0.05) is 26.0 Å². The highest BCUT2D eigenvalue weighted by Gasteiger charge is 2.47. The van der Waals surface area contributed by atoms with Crippen molar-refractivity contribution in [1.82, 2.24) is 9.97 Å². The number of aliphatic hydroxyl groups is 1. The minimum atomic E-state index is -0.350. The number of methoxy groups -OCH3 is 1. The molecule has 8 heteroatoms. The predicted octanol–water partition coefficient (Wildman–Crippen LogP) is 2.60. The number of aromatic nitrogens is 2. The zero-order valence-electron chi connectivity index (χ0n) is 17.7. The summed E-state index contributed by atoms with van der Waals surface area (Å²) in [5.41, 5.74) is 1.30. The number of nitrogens with one attached hydrogen (secondary N) is 2. The van der Waals surface area contributed by atoms with E-state index in [1.807, 2.05) is 38.1 Å². The van der Waals surface area contributed by atoms with Crippen LogP contribution in [0.5, 0.6) is 5.75 Å². The van der Waals surface area contributed by atoms with Gasteiger partial charge in [-0.15, -0.1) is 0 Å². The van der Waals surface area contributed by atoms with E-state index in [4.69, 9.17) is 9.47 Å². The molecule has 0 saturated heterocycles. The maximum absolute atomic E-state index is 9.94. The monoisotopic (exact) mass is 411 g/mol. The molecule has 0 aliphatic heterocycles. The van der Waals surface area contributed by atoms with Crippen molar-refractivity contribution in [3.63, 3.8) is 0 Å². The Kier molecular flexibility index (Phi) is 7.08. The second-order valence-corrected chi connectivity index (χ2v) is 8.00. The molecule has 1 aliphatic carbocycles. The van der Waals surface area contributed by atoms with Gasteiger partial charge in [-0.05, 0) is 30.5 Å². The molecule has 0 radical (unpaired) electrons. The first-order chi connectivity index (χ1) is 14.4. The van der Waals surface area contributed by atoms with Crippen LogP contribution in [0.15, 0.2) is 30.5 Å². The highest BCUT2D eigenvalue weighted by molar-refractivity contribution is 5.54. The second kappa shape index (κ2) is 9.74. The molecule has 1 aliphatic rings. The van der Waals surface area contributed by atoms with Gasteiger partial charge in [0.1, 0.15) is 29.8 Å². The van der Waals surface area contributed by atoms with Crippen molar-refractivity contribution in [2.24, 2.45) is 5.41 Å².